The van der Waals surface area contributed by atoms with Gasteiger partial charge in [-0.25, -0.2) is 0 Å². The summed E-state index contributed by atoms with van der Waals surface area (Å²) in [4.78, 5) is 14.3. The van der Waals surface area contributed by atoms with Crippen LogP contribution in [0.2, 0.25) is 0 Å². The van der Waals surface area contributed by atoms with Crippen molar-refractivity contribution in [1.82, 2.24) is 10.3 Å². The van der Waals surface area contributed by atoms with E-state index >= 15 is 0 Å². The monoisotopic (exact) mass is 314 g/mol. The van der Waals surface area contributed by atoms with Crippen LogP contribution in [-0.2, 0) is 0 Å². The van der Waals surface area contributed by atoms with E-state index in [9.17, 15) is 4.79 Å². The van der Waals surface area contributed by atoms with Crippen LogP contribution in [0.5, 0.6) is 11.5 Å². The first-order valence-corrected chi connectivity index (χ1v) is 8.08. The normalized spacial score (nSPS) is 20.9. The molecule has 2 atom stereocenters. The molecule has 1 aliphatic rings. The fourth-order valence-corrected chi connectivity index (χ4v) is 2.98. The Morgan fingerprint density at radius 1 is 1.22 bits per heavy atom. The number of pyridine rings is 1. The van der Waals surface area contributed by atoms with Crippen LogP contribution in [0.4, 0.5) is 0 Å². The highest BCUT2D eigenvalue weighted by Crippen LogP contribution is 2.33. The second-order valence-corrected chi connectivity index (χ2v) is 5.61. The van der Waals surface area contributed by atoms with E-state index in [4.69, 9.17) is 9.47 Å². The number of para-hydroxylation sites is 2. The van der Waals surface area contributed by atoms with Gasteiger partial charge in [0.1, 0.15) is 0 Å². The van der Waals surface area contributed by atoms with Crippen LogP contribution in [0.15, 0.2) is 47.4 Å². The molecule has 2 N–H and O–H groups in total. The molecule has 5 heteroatoms. The number of nitrogens with one attached hydrogen (secondary N) is 2. The number of hydrogen-bond donors (Lipinski definition) is 2. The lowest BCUT2D eigenvalue weighted by Gasteiger charge is -2.33. The number of rotatable bonds is 5. The van der Waals surface area contributed by atoms with Crippen molar-refractivity contribution in [1.29, 1.82) is 0 Å². The molecular formula is C18H22N2O3. The van der Waals surface area contributed by atoms with Crippen LogP contribution in [-0.4, -0.2) is 24.4 Å². The van der Waals surface area contributed by atoms with Crippen LogP contribution < -0.4 is 20.3 Å². The van der Waals surface area contributed by atoms with Crippen molar-refractivity contribution in [3.05, 3.63) is 58.5 Å². The molecule has 5 nitrogen and oxygen atoms in total. The molecule has 2 unspecified atom stereocenters. The molecule has 1 aromatic carbocycles. The number of ether oxygens (including phenoxy) is 2. The van der Waals surface area contributed by atoms with Crippen LogP contribution >= 0.6 is 0 Å². The molecule has 122 valence electrons. The highest BCUT2D eigenvalue weighted by Gasteiger charge is 2.28. The van der Waals surface area contributed by atoms with Crippen molar-refractivity contribution in [2.45, 2.75) is 31.9 Å². The van der Waals surface area contributed by atoms with E-state index in [0.29, 0.717) is 6.61 Å². The van der Waals surface area contributed by atoms with Gasteiger partial charge in [0.15, 0.2) is 17.7 Å². The number of benzene rings is 1. The van der Waals surface area contributed by atoms with Crippen molar-refractivity contribution in [2.75, 3.05) is 13.2 Å². The highest BCUT2D eigenvalue weighted by atomic mass is 16.5. The fraction of sp³-hybridized carbons (Fsp3) is 0.389. The van der Waals surface area contributed by atoms with Gasteiger partial charge in [-0.3, -0.25) is 10.1 Å². The fourth-order valence-electron chi connectivity index (χ4n) is 2.98. The van der Waals surface area contributed by atoms with Gasteiger partial charge in [0.2, 0.25) is 5.56 Å². The van der Waals surface area contributed by atoms with Gasteiger partial charge in [-0.15, -0.1) is 0 Å². The lowest BCUT2D eigenvalue weighted by atomic mass is 9.90. The zero-order valence-corrected chi connectivity index (χ0v) is 13.2. The predicted molar refractivity (Wildman–Crippen MR) is 89.1 cm³/mol. The first-order chi connectivity index (χ1) is 11.3. The SMILES string of the molecule is CCOc1ccccc1OC1NCCCC1c1cc[nH]c(=O)c1. The minimum absolute atomic E-state index is 0.0819. The summed E-state index contributed by atoms with van der Waals surface area (Å²) in [5, 5.41) is 3.41. The van der Waals surface area contributed by atoms with Gasteiger partial charge in [-0.1, -0.05) is 12.1 Å². The minimum atomic E-state index is -0.174. The average molecular weight is 314 g/mol. The lowest BCUT2D eigenvalue weighted by molar-refractivity contribution is 0.104. The molecular weight excluding hydrogens is 292 g/mol. The first-order valence-electron chi connectivity index (χ1n) is 8.08. The van der Waals surface area contributed by atoms with Crippen molar-refractivity contribution < 1.29 is 9.47 Å². The van der Waals surface area contributed by atoms with Gasteiger partial charge < -0.3 is 14.5 Å². The van der Waals surface area contributed by atoms with E-state index in [0.717, 1.165) is 36.4 Å². The molecule has 0 amide bonds. The molecule has 2 heterocycles. The highest BCUT2D eigenvalue weighted by molar-refractivity contribution is 5.39. The number of piperidine rings is 1. The molecule has 1 aliphatic heterocycles. The second kappa shape index (κ2) is 7.33. The molecule has 1 saturated heterocycles. The Morgan fingerprint density at radius 2 is 2.04 bits per heavy atom. The number of H-pyrrole nitrogens is 1. The zero-order chi connectivity index (χ0) is 16.1. The Bertz CT molecular complexity index is 698. The van der Waals surface area contributed by atoms with E-state index in [1.165, 1.54) is 0 Å². The van der Waals surface area contributed by atoms with Crippen molar-refractivity contribution in [3.63, 3.8) is 0 Å². The summed E-state index contributed by atoms with van der Waals surface area (Å²) in [5.74, 6) is 1.61. The van der Waals surface area contributed by atoms with E-state index in [-0.39, 0.29) is 17.7 Å². The molecule has 0 bridgehead atoms. The summed E-state index contributed by atoms with van der Waals surface area (Å²) in [6.07, 6.45) is 3.56. The van der Waals surface area contributed by atoms with Crippen LogP contribution in [0.3, 0.4) is 0 Å². The molecule has 1 aromatic heterocycles. The third-order valence-corrected chi connectivity index (χ3v) is 4.03. The van der Waals surface area contributed by atoms with Gasteiger partial charge in [-0.05, 0) is 50.1 Å². The largest absolute Gasteiger partial charge is 0.490 e. The minimum Gasteiger partial charge on any atom is -0.490 e. The number of aromatic amines is 1. The van der Waals surface area contributed by atoms with Gasteiger partial charge in [0.05, 0.1) is 6.61 Å². The van der Waals surface area contributed by atoms with Crippen molar-refractivity contribution in [2.24, 2.45) is 0 Å². The molecule has 2 aromatic rings. The summed E-state index contributed by atoms with van der Waals surface area (Å²) in [5.41, 5.74) is 0.918. The molecule has 0 saturated carbocycles. The molecule has 0 radical (unpaired) electrons. The molecule has 0 spiro atoms. The third-order valence-electron chi connectivity index (χ3n) is 4.03. The Hall–Kier alpha value is -2.27. The summed E-state index contributed by atoms with van der Waals surface area (Å²) in [7, 11) is 0. The average Bonchev–Trinajstić information content (AvgIpc) is 2.57. The van der Waals surface area contributed by atoms with Crippen molar-refractivity contribution >= 4 is 0 Å². The van der Waals surface area contributed by atoms with Gasteiger partial charge >= 0.3 is 0 Å². The smallest absolute Gasteiger partial charge is 0.248 e. The number of aromatic nitrogens is 1. The van der Waals surface area contributed by atoms with Crippen LogP contribution in [0.1, 0.15) is 31.2 Å². The first kappa shape index (κ1) is 15.6. The topological polar surface area (TPSA) is 63.4 Å². The Balaban J connectivity index is 1.83. The maximum Gasteiger partial charge on any atom is 0.248 e. The van der Waals surface area contributed by atoms with Crippen molar-refractivity contribution in [3.8, 4) is 11.5 Å². The maximum atomic E-state index is 11.6. The molecule has 1 fully saturated rings. The molecule has 0 aliphatic carbocycles. The third kappa shape index (κ3) is 3.74. The summed E-state index contributed by atoms with van der Waals surface area (Å²) < 4.78 is 11.8. The Morgan fingerprint density at radius 3 is 2.83 bits per heavy atom. The summed E-state index contributed by atoms with van der Waals surface area (Å²) in [6, 6.07) is 11.3. The van der Waals surface area contributed by atoms with E-state index in [2.05, 4.69) is 10.3 Å². The van der Waals surface area contributed by atoms with Gasteiger partial charge in [-0.2, -0.15) is 0 Å². The molecule has 3 rings (SSSR count). The molecule has 23 heavy (non-hydrogen) atoms. The Kier molecular flexibility index (Phi) is 4.98. The summed E-state index contributed by atoms with van der Waals surface area (Å²) >= 11 is 0. The van der Waals surface area contributed by atoms with E-state index in [1.807, 2.05) is 37.3 Å². The van der Waals surface area contributed by atoms with Crippen LogP contribution in [0.25, 0.3) is 0 Å². The Labute approximate surface area is 135 Å². The summed E-state index contributed by atoms with van der Waals surface area (Å²) in [6.45, 7) is 3.45. The standard InChI is InChI=1S/C18H22N2O3/c1-2-22-15-7-3-4-8-16(15)23-18-14(6-5-10-20-18)13-9-11-19-17(21)12-13/h3-4,7-9,11-12,14,18,20H,2,5-6,10H2,1H3,(H,19,21). The maximum absolute atomic E-state index is 11.6. The predicted octanol–water partition coefficient (Wildman–Crippen LogP) is 2.65. The quantitative estimate of drug-likeness (QED) is 0.890. The second-order valence-electron chi connectivity index (χ2n) is 5.61. The lowest BCUT2D eigenvalue weighted by Crippen LogP contribution is -2.44. The number of hydrogen-bond acceptors (Lipinski definition) is 4. The van der Waals surface area contributed by atoms with E-state index in [1.54, 1.807) is 12.3 Å². The zero-order valence-electron chi connectivity index (χ0n) is 13.2. The van der Waals surface area contributed by atoms with Crippen LogP contribution in [0, 0.1) is 0 Å². The van der Waals surface area contributed by atoms with Gasteiger partial charge in [0, 0.05) is 18.2 Å². The van der Waals surface area contributed by atoms with E-state index < -0.39 is 0 Å². The van der Waals surface area contributed by atoms with Gasteiger partial charge in [0.25, 0.3) is 0 Å².